The van der Waals surface area contributed by atoms with Gasteiger partial charge in [-0.25, -0.2) is 0 Å². The van der Waals surface area contributed by atoms with E-state index in [1.807, 2.05) is 11.8 Å². The van der Waals surface area contributed by atoms with Crippen molar-refractivity contribution in [2.75, 3.05) is 12.3 Å². The maximum atomic E-state index is 5.65. The van der Waals surface area contributed by atoms with Crippen LogP contribution in [0.15, 0.2) is 23.1 Å². The second-order valence-electron chi connectivity index (χ2n) is 3.90. The minimum Gasteiger partial charge on any atom is -0.330 e. The molecule has 2 heteroatoms. The Morgan fingerprint density at radius 1 is 1.50 bits per heavy atom. The molecule has 14 heavy (non-hydrogen) atoms. The molecule has 0 aliphatic carbocycles. The monoisotopic (exact) mass is 207 g/mol. The van der Waals surface area contributed by atoms with Crippen LogP contribution >= 0.6 is 11.8 Å². The average molecular weight is 207 g/mol. The van der Waals surface area contributed by atoms with Gasteiger partial charge in [-0.05, 0) is 49.1 Å². The lowest BCUT2D eigenvalue weighted by molar-refractivity contribution is 0.601. The summed E-state index contributed by atoms with van der Waals surface area (Å²) in [6, 6.07) is 6.65. The number of aryl methyl sites for hydroxylation is 1. The molecule has 1 aromatic rings. The SMILES string of the molecule is Cc1cccc2c1SCCC2CCN. The Kier molecular flexibility index (Phi) is 3.14. The van der Waals surface area contributed by atoms with Gasteiger partial charge in [-0.2, -0.15) is 0 Å². The first kappa shape index (κ1) is 10.1. The first-order valence-electron chi connectivity index (χ1n) is 5.25. The Hall–Kier alpha value is -0.470. The predicted octanol–water partition coefficient (Wildman–Crippen LogP) is 2.92. The van der Waals surface area contributed by atoms with Crippen molar-refractivity contribution in [3.63, 3.8) is 0 Å². The maximum absolute atomic E-state index is 5.65. The van der Waals surface area contributed by atoms with E-state index in [1.54, 1.807) is 0 Å². The molecular weight excluding hydrogens is 190 g/mol. The third-order valence-electron chi connectivity index (χ3n) is 2.91. The topological polar surface area (TPSA) is 26.0 Å². The van der Waals surface area contributed by atoms with Crippen molar-refractivity contribution < 1.29 is 0 Å². The van der Waals surface area contributed by atoms with Crippen LogP contribution in [0.2, 0.25) is 0 Å². The second-order valence-corrected chi connectivity index (χ2v) is 5.01. The minimum atomic E-state index is 0.705. The van der Waals surface area contributed by atoms with Crippen LogP contribution < -0.4 is 5.73 Å². The molecule has 0 bridgehead atoms. The molecule has 0 saturated carbocycles. The maximum Gasteiger partial charge on any atom is 0.0136 e. The average Bonchev–Trinajstić information content (AvgIpc) is 2.20. The fourth-order valence-corrected chi connectivity index (χ4v) is 3.46. The van der Waals surface area contributed by atoms with Crippen molar-refractivity contribution >= 4 is 11.8 Å². The molecule has 1 unspecified atom stereocenters. The second kappa shape index (κ2) is 4.37. The molecule has 76 valence electrons. The fourth-order valence-electron chi connectivity index (χ4n) is 2.15. The van der Waals surface area contributed by atoms with E-state index in [0.717, 1.165) is 13.0 Å². The normalized spacial score (nSPS) is 20.6. The van der Waals surface area contributed by atoms with Crippen LogP contribution in [0.5, 0.6) is 0 Å². The summed E-state index contributed by atoms with van der Waals surface area (Å²) in [6.07, 6.45) is 2.43. The molecular formula is C12H17NS. The summed E-state index contributed by atoms with van der Waals surface area (Å²) in [5.41, 5.74) is 8.61. The molecule has 0 spiro atoms. The highest BCUT2D eigenvalue weighted by Crippen LogP contribution is 2.40. The molecule has 1 atom stereocenters. The van der Waals surface area contributed by atoms with Gasteiger partial charge in [0.1, 0.15) is 0 Å². The molecule has 1 aromatic carbocycles. The highest BCUT2D eigenvalue weighted by Gasteiger charge is 2.20. The summed E-state index contributed by atoms with van der Waals surface area (Å²) in [5, 5.41) is 0. The Bertz CT molecular complexity index is 322. The summed E-state index contributed by atoms with van der Waals surface area (Å²) in [6.45, 7) is 3.01. The number of hydrogen-bond donors (Lipinski definition) is 1. The number of thioether (sulfide) groups is 1. The van der Waals surface area contributed by atoms with Gasteiger partial charge in [0.25, 0.3) is 0 Å². The molecule has 0 radical (unpaired) electrons. The zero-order valence-electron chi connectivity index (χ0n) is 8.62. The number of rotatable bonds is 2. The smallest absolute Gasteiger partial charge is 0.0136 e. The Morgan fingerprint density at radius 3 is 3.14 bits per heavy atom. The Balaban J connectivity index is 2.34. The highest BCUT2D eigenvalue weighted by atomic mass is 32.2. The minimum absolute atomic E-state index is 0.705. The quantitative estimate of drug-likeness (QED) is 0.807. The molecule has 0 fully saturated rings. The molecule has 1 heterocycles. The number of nitrogens with two attached hydrogens (primary N) is 1. The molecule has 1 aliphatic rings. The van der Waals surface area contributed by atoms with Crippen LogP contribution in [-0.2, 0) is 0 Å². The van der Waals surface area contributed by atoms with E-state index in [-0.39, 0.29) is 0 Å². The third kappa shape index (κ3) is 1.82. The zero-order chi connectivity index (χ0) is 9.97. The number of fused-ring (bicyclic) bond motifs is 1. The van der Waals surface area contributed by atoms with E-state index in [1.165, 1.54) is 28.2 Å². The Labute approximate surface area is 90.1 Å². The van der Waals surface area contributed by atoms with Gasteiger partial charge in [-0.3, -0.25) is 0 Å². The summed E-state index contributed by atoms with van der Waals surface area (Å²) < 4.78 is 0. The number of benzene rings is 1. The van der Waals surface area contributed by atoms with E-state index in [0.29, 0.717) is 5.92 Å². The van der Waals surface area contributed by atoms with Gasteiger partial charge in [-0.1, -0.05) is 18.2 Å². The van der Waals surface area contributed by atoms with E-state index >= 15 is 0 Å². The zero-order valence-corrected chi connectivity index (χ0v) is 9.44. The van der Waals surface area contributed by atoms with Gasteiger partial charge in [0.15, 0.2) is 0 Å². The van der Waals surface area contributed by atoms with Crippen molar-refractivity contribution in [1.82, 2.24) is 0 Å². The lowest BCUT2D eigenvalue weighted by atomic mass is 9.91. The van der Waals surface area contributed by atoms with Crippen LogP contribution in [0.4, 0.5) is 0 Å². The van der Waals surface area contributed by atoms with E-state index in [2.05, 4.69) is 25.1 Å². The number of hydrogen-bond acceptors (Lipinski definition) is 2. The first-order valence-corrected chi connectivity index (χ1v) is 6.24. The van der Waals surface area contributed by atoms with Crippen LogP contribution in [0.3, 0.4) is 0 Å². The van der Waals surface area contributed by atoms with Crippen LogP contribution in [0.25, 0.3) is 0 Å². The molecule has 0 saturated heterocycles. The van der Waals surface area contributed by atoms with Gasteiger partial charge in [0.2, 0.25) is 0 Å². The summed E-state index contributed by atoms with van der Waals surface area (Å²) >= 11 is 2.00. The largest absolute Gasteiger partial charge is 0.330 e. The van der Waals surface area contributed by atoms with Crippen molar-refractivity contribution in [2.45, 2.75) is 30.6 Å². The summed E-state index contributed by atoms with van der Waals surface area (Å²) in [5.74, 6) is 1.96. The van der Waals surface area contributed by atoms with Crippen molar-refractivity contribution in [3.05, 3.63) is 29.3 Å². The molecule has 2 N–H and O–H groups in total. The van der Waals surface area contributed by atoms with Gasteiger partial charge in [0.05, 0.1) is 0 Å². The highest BCUT2D eigenvalue weighted by molar-refractivity contribution is 7.99. The van der Waals surface area contributed by atoms with Crippen molar-refractivity contribution in [3.8, 4) is 0 Å². The van der Waals surface area contributed by atoms with Gasteiger partial charge in [0, 0.05) is 4.90 Å². The molecule has 0 amide bonds. The van der Waals surface area contributed by atoms with Crippen molar-refractivity contribution in [1.29, 1.82) is 0 Å². The van der Waals surface area contributed by atoms with Crippen LogP contribution in [0, 0.1) is 6.92 Å². The van der Waals surface area contributed by atoms with Gasteiger partial charge < -0.3 is 5.73 Å². The lowest BCUT2D eigenvalue weighted by Gasteiger charge is -2.25. The summed E-state index contributed by atoms with van der Waals surface area (Å²) in [4.78, 5) is 1.51. The molecule has 1 aliphatic heterocycles. The fraction of sp³-hybridized carbons (Fsp3) is 0.500. The Morgan fingerprint density at radius 2 is 2.36 bits per heavy atom. The van der Waals surface area contributed by atoms with E-state index in [4.69, 9.17) is 5.73 Å². The molecule has 0 aromatic heterocycles. The first-order chi connectivity index (χ1) is 6.83. The lowest BCUT2D eigenvalue weighted by Crippen LogP contribution is -2.12. The van der Waals surface area contributed by atoms with Crippen LogP contribution in [0.1, 0.15) is 29.9 Å². The van der Waals surface area contributed by atoms with Crippen molar-refractivity contribution in [2.24, 2.45) is 5.73 Å². The van der Waals surface area contributed by atoms with Gasteiger partial charge in [-0.15, -0.1) is 11.8 Å². The molecule has 2 rings (SSSR count). The third-order valence-corrected chi connectivity index (χ3v) is 4.20. The van der Waals surface area contributed by atoms with Crippen LogP contribution in [-0.4, -0.2) is 12.3 Å². The molecule has 1 nitrogen and oxygen atoms in total. The standard InChI is InChI=1S/C12H17NS/c1-9-3-2-4-11-10(5-7-13)6-8-14-12(9)11/h2-4,10H,5-8,13H2,1H3. The summed E-state index contributed by atoms with van der Waals surface area (Å²) in [7, 11) is 0. The predicted molar refractivity (Wildman–Crippen MR) is 62.9 cm³/mol. The van der Waals surface area contributed by atoms with E-state index < -0.39 is 0 Å². The van der Waals surface area contributed by atoms with Gasteiger partial charge >= 0.3 is 0 Å². The van der Waals surface area contributed by atoms with E-state index in [9.17, 15) is 0 Å².